The summed E-state index contributed by atoms with van der Waals surface area (Å²) in [5.74, 6) is 0.989. The van der Waals surface area contributed by atoms with E-state index in [2.05, 4.69) is 22.0 Å². The van der Waals surface area contributed by atoms with Crippen LogP contribution in [0.1, 0.15) is 30.5 Å². The Kier molecular flexibility index (Phi) is 2.45. The summed E-state index contributed by atoms with van der Waals surface area (Å²) in [6.07, 6.45) is 7.42. The van der Waals surface area contributed by atoms with Gasteiger partial charge in [-0.3, -0.25) is 9.88 Å². The fourth-order valence-electron chi connectivity index (χ4n) is 2.62. The molecule has 3 rings (SSSR count). The van der Waals surface area contributed by atoms with Crippen molar-refractivity contribution in [3.05, 3.63) is 29.6 Å². The van der Waals surface area contributed by atoms with E-state index in [0.717, 1.165) is 18.9 Å². The Bertz CT molecular complexity index is 344. The first-order valence-corrected chi connectivity index (χ1v) is 6.07. The zero-order valence-corrected chi connectivity index (χ0v) is 9.15. The predicted octanol–water partition coefficient (Wildman–Crippen LogP) is 2.24. The van der Waals surface area contributed by atoms with Gasteiger partial charge in [-0.2, -0.15) is 0 Å². The lowest BCUT2D eigenvalue weighted by molar-refractivity contribution is 0.165. The lowest BCUT2D eigenvalue weighted by atomic mass is 9.84. The van der Waals surface area contributed by atoms with E-state index in [4.69, 9.17) is 0 Å². The fraction of sp³-hybridized carbons (Fsp3) is 0.615. The molecule has 15 heavy (non-hydrogen) atoms. The first-order chi connectivity index (χ1) is 7.42. The van der Waals surface area contributed by atoms with Crippen molar-refractivity contribution in [1.29, 1.82) is 0 Å². The van der Waals surface area contributed by atoms with Crippen molar-refractivity contribution in [2.75, 3.05) is 13.1 Å². The van der Waals surface area contributed by atoms with Crippen molar-refractivity contribution in [1.82, 2.24) is 9.88 Å². The van der Waals surface area contributed by atoms with Crippen LogP contribution in [0.25, 0.3) is 0 Å². The number of hydrogen-bond acceptors (Lipinski definition) is 2. The van der Waals surface area contributed by atoms with Crippen molar-refractivity contribution >= 4 is 0 Å². The molecule has 2 heterocycles. The summed E-state index contributed by atoms with van der Waals surface area (Å²) in [5, 5.41) is 0. The maximum absolute atomic E-state index is 4.44. The molecule has 1 aromatic heterocycles. The SMILES string of the molecule is c1cnc2c(c1)CN(CC1CCC1)CC2. The van der Waals surface area contributed by atoms with Crippen molar-refractivity contribution in [3.8, 4) is 0 Å². The number of pyridine rings is 1. The fourth-order valence-corrected chi connectivity index (χ4v) is 2.62. The molecule has 2 heteroatoms. The van der Waals surface area contributed by atoms with E-state index in [9.17, 15) is 0 Å². The molecule has 1 aliphatic heterocycles. The summed E-state index contributed by atoms with van der Waals surface area (Å²) in [7, 11) is 0. The summed E-state index contributed by atoms with van der Waals surface area (Å²) < 4.78 is 0. The molecule has 0 bridgehead atoms. The highest BCUT2D eigenvalue weighted by atomic mass is 15.1. The number of fused-ring (bicyclic) bond motifs is 1. The van der Waals surface area contributed by atoms with E-state index in [1.807, 2.05) is 6.20 Å². The van der Waals surface area contributed by atoms with Gasteiger partial charge in [0.05, 0.1) is 0 Å². The minimum Gasteiger partial charge on any atom is -0.298 e. The van der Waals surface area contributed by atoms with E-state index in [-0.39, 0.29) is 0 Å². The summed E-state index contributed by atoms with van der Waals surface area (Å²) in [6.45, 7) is 3.65. The molecule has 2 nitrogen and oxygen atoms in total. The first kappa shape index (κ1) is 9.34. The predicted molar refractivity (Wildman–Crippen MR) is 60.6 cm³/mol. The Hall–Kier alpha value is -0.890. The summed E-state index contributed by atoms with van der Waals surface area (Å²) in [4.78, 5) is 7.05. The van der Waals surface area contributed by atoms with Gasteiger partial charge in [-0.15, -0.1) is 0 Å². The second-order valence-electron chi connectivity index (χ2n) is 4.89. The van der Waals surface area contributed by atoms with Crippen LogP contribution in [-0.2, 0) is 13.0 Å². The topological polar surface area (TPSA) is 16.1 Å². The molecule has 1 aromatic rings. The van der Waals surface area contributed by atoms with Gasteiger partial charge in [-0.1, -0.05) is 12.5 Å². The smallest absolute Gasteiger partial charge is 0.0461 e. The Morgan fingerprint density at radius 2 is 2.33 bits per heavy atom. The van der Waals surface area contributed by atoms with Crippen LogP contribution in [0, 0.1) is 5.92 Å². The maximum Gasteiger partial charge on any atom is 0.0461 e. The van der Waals surface area contributed by atoms with Gasteiger partial charge in [-0.25, -0.2) is 0 Å². The zero-order chi connectivity index (χ0) is 10.1. The third-order valence-corrected chi connectivity index (χ3v) is 3.78. The third-order valence-electron chi connectivity index (χ3n) is 3.78. The van der Waals surface area contributed by atoms with Crippen LogP contribution in [0.5, 0.6) is 0 Å². The van der Waals surface area contributed by atoms with Gasteiger partial charge in [0.25, 0.3) is 0 Å². The minimum absolute atomic E-state index is 0.989. The third kappa shape index (κ3) is 1.91. The molecule has 2 aliphatic rings. The minimum atomic E-state index is 0.989. The monoisotopic (exact) mass is 202 g/mol. The Morgan fingerprint density at radius 3 is 3.13 bits per heavy atom. The van der Waals surface area contributed by atoms with Crippen molar-refractivity contribution < 1.29 is 0 Å². The molecule has 1 fully saturated rings. The molecule has 0 spiro atoms. The second kappa shape index (κ2) is 3.93. The van der Waals surface area contributed by atoms with Gasteiger partial charge < -0.3 is 0 Å². The van der Waals surface area contributed by atoms with Gasteiger partial charge in [0.1, 0.15) is 0 Å². The highest BCUT2D eigenvalue weighted by molar-refractivity contribution is 5.22. The van der Waals surface area contributed by atoms with Crippen LogP contribution in [0.2, 0.25) is 0 Å². The Balaban J connectivity index is 1.66. The van der Waals surface area contributed by atoms with Gasteiger partial charge >= 0.3 is 0 Å². The van der Waals surface area contributed by atoms with E-state index in [1.165, 1.54) is 43.6 Å². The molecular weight excluding hydrogens is 184 g/mol. The molecule has 1 saturated carbocycles. The van der Waals surface area contributed by atoms with E-state index in [1.54, 1.807) is 0 Å². The number of rotatable bonds is 2. The Labute approximate surface area is 91.3 Å². The lowest BCUT2D eigenvalue weighted by Gasteiger charge is -2.34. The highest BCUT2D eigenvalue weighted by Gasteiger charge is 2.23. The molecule has 0 unspecified atom stereocenters. The van der Waals surface area contributed by atoms with Gasteiger partial charge in [0.2, 0.25) is 0 Å². The van der Waals surface area contributed by atoms with Crippen molar-refractivity contribution in [2.45, 2.75) is 32.2 Å². The molecule has 0 atom stereocenters. The summed E-state index contributed by atoms with van der Waals surface area (Å²) >= 11 is 0. The van der Waals surface area contributed by atoms with Crippen molar-refractivity contribution in [2.24, 2.45) is 5.92 Å². The van der Waals surface area contributed by atoms with Crippen LogP contribution in [0.4, 0.5) is 0 Å². The molecule has 0 N–H and O–H groups in total. The van der Waals surface area contributed by atoms with Crippen LogP contribution in [-0.4, -0.2) is 23.0 Å². The van der Waals surface area contributed by atoms with Gasteiger partial charge in [-0.05, 0) is 30.4 Å². The quantitative estimate of drug-likeness (QED) is 0.731. The summed E-state index contributed by atoms with van der Waals surface area (Å²) in [6, 6.07) is 4.29. The van der Waals surface area contributed by atoms with Crippen LogP contribution < -0.4 is 0 Å². The number of aromatic nitrogens is 1. The van der Waals surface area contributed by atoms with Gasteiger partial charge in [0.15, 0.2) is 0 Å². The van der Waals surface area contributed by atoms with Crippen LogP contribution in [0.3, 0.4) is 0 Å². The lowest BCUT2D eigenvalue weighted by Crippen LogP contribution is -2.36. The largest absolute Gasteiger partial charge is 0.298 e. The number of nitrogens with zero attached hydrogens (tertiary/aromatic N) is 2. The second-order valence-corrected chi connectivity index (χ2v) is 4.89. The molecular formula is C13H18N2. The van der Waals surface area contributed by atoms with E-state index in [0.29, 0.717) is 0 Å². The molecule has 80 valence electrons. The molecule has 0 radical (unpaired) electrons. The van der Waals surface area contributed by atoms with Crippen LogP contribution >= 0.6 is 0 Å². The molecule has 1 aliphatic carbocycles. The molecule has 0 amide bonds. The first-order valence-electron chi connectivity index (χ1n) is 6.07. The van der Waals surface area contributed by atoms with E-state index >= 15 is 0 Å². The highest BCUT2D eigenvalue weighted by Crippen LogP contribution is 2.28. The number of hydrogen-bond donors (Lipinski definition) is 0. The summed E-state index contributed by atoms with van der Waals surface area (Å²) in [5.41, 5.74) is 2.77. The van der Waals surface area contributed by atoms with E-state index < -0.39 is 0 Å². The van der Waals surface area contributed by atoms with Gasteiger partial charge in [0, 0.05) is 37.9 Å². The average Bonchev–Trinajstić information content (AvgIpc) is 2.23. The maximum atomic E-state index is 4.44. The van der Waals surface area contributed by atoms with Crippen molar-refractivity contribution in [3.63, 3.8) is 0 Å². The normalized spacial score (nSPS) is 22.1. The van der Waals surface area contributed by atoms with Crippen LogP contribution in [0.15, 0.2) is 18.3 Å². The standard InChI is InChI=1S/C13H18N2/c1-3-11(4-1)9-15-8-6-13-12(10-15)5-2-7-14-13/h2,5,7,11H,1,3-4,6,8-10H2. The molecule has 0 saturated heterocycles. The Morgan fingerprint density at radius 1 is 1.40 bits per heavy atom. The zero-order valence-electron chi connectivity index (χ0n) is 9.15. The average molecular weight is 202 g/mol. The molecule has 0 aromatic carbocycles.